The maximum Gasteiger partial charge on any atom is 0.0835 e. The minimum atomic E-state index is 0.778. The highest BCUT2D eigenvalue weighted by molar-refractivity contribution is 5.98. The first-order valence-corrected chi connectivity index (χ1v) is 10.2. The second-order valence-corrected chi connectivity index (χ2v) is 7.63. The Bertz CT molecular complexity index is 1130. The van der Waals surface area contributed by atoms with E-state index < -0.39 is 0 Å². The van der Waals surface area contributed by atoms with Crippen LogP contribution in [0.3, 0.4) is 0 Å². The van der Waals surface area contributed by atoms with Gasteiger partial charge in [-0.1, -0.05) is 12.6 Å². The highest BCUT2D eigenvalue weighted by Crippen LogP contribution is 2.36. The fourth-order valence-electron chi connectivity index (χ4n) is 4.41. The van der Waals surface area contributed by atoms with E-state index in [-0.39, 0.29) is 0 Å². The van der Waals surface area contributed by atoms with Crippen molar-refractivity contribution in [2.75, 3.05) is 36.2 Å². The highest BCUT2D eigenvalue weighted by atomic mass is 16.5. The molecule has 2 aliphatic rings. The van der Waals surface area contributed by atoms with Gasteiger partial charge in [-0.05, 0) is 44.2 Å². The Morgan fingerprint density at radius 3 is 2.50 bits per heavy atom. The molecule has 0 unspecified atom stereocenters. The normalized spacial score (nSPS) is 16.1. The van der Waals surface area contributed by atoms with Gasteiger partial charge in [0.25, 0.3) is 0 Å². The van der Waals surface area contributed by atoms with Gasteiger partial charge >= 0.3 is 0 Å². The van der Waals surface area contributed by atoms with Crippen LogP contribution in [0.25, 0.3) is 11.4 Å². The predicted octanol–water partition coefficient (Wildman–Crippen LogP) is 4.15. The Kier molecular flexibility index (Phi) is 4.64. The minimum absolute atomic E-state index is 0.778. The Balaban J connectivity index is 1.56. The predicted molar refractivity (Wildman–Crippen MR) is 122 cm³/mol. The molecule has 3 aromatic rings. The van der Waals surface area contributed by atoms with Crippen LogP contribution in [0, 0.1) is 13.8 Å². The molecule has 0 radical (unpaired) electrons. The first-order valence-electron chi connectivity index (χ1n) is 10.2. The zero-order chi connectivity index (χ0) is 20.7. The summed E-state index contributed by atoms with van der Waals surface area (Å²) in [4.78, 5) is 6.60. The summed E-state index contributed by atoms with van der Waals surface area (Å²) in [6.45, 7) is 12.1. The summed E-state index contributed by atoms with van der Waals surface area (Å²) in [5.74, 6) is 0. The molecule has 0 bridgehead atoms. The molecule has 30 heavy (non-hydrogen) atoms. The molecule has 0 aliphatic carbocycles. The number of hydrazone groups is 1. The maximum atomic E-state index is 5.51. The fraction of sp³-hybridized carbons (Fsp3) is 0.250. The summed E-state index contributed by atoms with van der Waals surface area (Å²) in [5.41, 5.74) is 8.72. The lowest BCUT2D eigenvalue weighted by molar-refractivity contribution is 0.122. The second-order valence-electron chi connectivity index (χ2n) is 7.63. The van der Waals surface area contributed by atoms with Crippen molar-refractivity contribution < 1.29 is 4.74 Å². The van der Waals surface area contributed by atoms with E-state index in [1.165, 1.54) is 5.69 Å². The van der Waals surface area contributed by atoms with Crippen LogP contribution in [-0.2, 0) is 4.74 Å². The monoisotopic (exact) mass is 399 g/mol. The number of nitrogens with zero attached hydrogens (tertiary/aromatic N) is 5. The van der Waals surface area contributed by atoms with Crippen LogP contribution in [0.4, 0.5) is 11.4 Å². The number of benzene rings is 1. The SMILES string of the molecule is C=C1c2c(c(C)n(-c3cccc(N4CCOCC4)c3)c2C)C=NN1c1cccnc1. The molecule has 0 spiro atoms. The van der Waals surface area contributed by atoms with E-state index in [2.05, 4.69) is 64.2 Å². The van der Waals surface area contributed by atoms with Crippen LogP contribution in [0.1, 0.15) is 22.5 Å². The van der Waals surface area contributed by atoms with Crippen molar-refractivity contribution in [2.45, 2.75) is 13.8 Å². The third-order valence-corrected chi connectivity index (χ3v) is 5.89. The first kappa shape index (κ1) is 18.6. The summed E-state index contributed by atoms with van der Waals surface area (Å²) < 4.78 is 7.81. The van der Waals surface area contributed by atoms with E-state index >= 15 is 0 Å². The van der Waals surface area contributed by atoms with Crippen molar-refractivity contribution in [3.63, 3.8) is 0 Å². The first-order chi connectivity index (χ1) is 14.6. The van der Waals surface area contributed by atoms with E-state index in [0.717, 1.165) is 65.9 Å². The molecule has 6 heteroatoms. The lowest BCUT2D eigenvalue weighted by Crippen LogP contribution is -2.36. The molecule has 6 nitrogen and oxygen atoms in total. The molecule has 152 valence electrons. The molecule has 1 saturated heterocycles. The van der Waals surface area contributed by atoms with Gasteiger partial charge in [-0.15, -0.1) is 0 Å². The third kappa shape index (κ3) is 3.00. The quantitative estimate of drug-likeness (QED) is 0.664. The molecular weight excluding hydrogens is 374 g/mol. The van der Waals surface area contributed by atoms with Crippen LogP contribution in [-0.4, -0.2) is 42.1 Å². The van der Waals surface area contributed by atoms with Crippen molar-refractivity contribution in [3.05, 3.63) is 77.9 Å². The molecule has 1 fully saturated rings. The third-order valence-electron chi connectivity index (χ3n) is 5.89. The topological polar surface area (TPSA) is 45.9 Å². The van der Waals surface area contributed by atoms with Crippen LogP contribution in [0.5, 0.6) is 0 Å². The smallest absolute Gasteiger partial charge is 0.0835 e. The molecule has 0 saturated carbocycles. The number of aromatic nitrogens is 2. The second kappa shape index (κ2) is 7.46. The number of pyridine rings is 1. The molecule has 1 aromatic carbocycles. The number of hydrogen-bond acceptors (Lipinski definition) is 5. The molecule has 4 heterocycles. The zero-order valence-electron chi connectivity index (χ0n) is 17.4. The number of fused-ring (bicyclic) bond motifs is 1. The lowest BCUT2D eigenvalue weighted by Gasteiger charge is -2.29. The molecule has 0 amide bonds. The van der Waals surface area contributed by atoms with Gasteiger partial charge in [0.15, 0.2) is 0 Å². The van der Waals surface area contributed by atoms with Gasteiger partial charge in [0.05, 0.1) is 37.0 Å². The average Bonchev–Trinajstić information content (AvgIpc) is 3.06. The molecule has 0 atom stereocenters. The number of hydrogen-bond donors (Lipinski definition) is 0. The molecule has 0 N–H and O–H groups in total. The van der Waals surface area contributed by atoms with Gasteiger partial charge in [0, 0.05) is 53.2 Å². The van der Waals surface area contributed by atoms with Gasteiger partial charge in [-0.25, -0.2) is 5.01 Å². The zero-order valence-corrected chi connectivity index (χ0v) is 17.4. The standard InChI is InChI=1S/C24H25N5O/c1-17-23-16-26-29(22-8-5-9-25-15-22)19(3)24(23)18(2)28(17)21-7-4-6-20(14-21)27-10-12-30-13-11-27/h4-9,14-16H,3,10-13H2,1-2H3. The number of anilines is 2. The average molecular weight is 399 g/mol. The highest BCUT2D eigenvalue weighted by Gasteiger charge is 2.26. The van der Waals surface area contributed by atoms with E-state index in [0.29, 0.717) is 0 Å². The van der Waals surface area contributed by atoms with E-state index in [1.54, 1.807) is 12.4 Å². The lowest BCUT2D eigenvalue weighted by atomic mass is 10.1. The summed E-state index contributed by atoms with van der Waals surface area (Å²) in [6, 6.07) is 12.6. The van der Waals surface area contributed by atoms with E-state index in [4.69, 9.17) is 4.74 Å². The summed E-state index contributed by atoms with van der Waals surface area (Å²) in [7, 11) is 0. The molecule has 5 rings (SSSR count). The van der Waals surface area contributed by atoms with Crippen LogP contribution in [0.2, 0.25) is 0 Å². The van der Waals surface area contributed by atoms with Crippen LogP contribution < -0.4 is 9.91 Å². The Morgan fingerprint density at radius 1 is 0.967 bits per heavy atom. The minimum Gasteiger partial charge on any atom is -0.378 e. The summed E-state index contributed by atoms with van der Waals surface area (Å²) in [5, 5.41) is 6.51. The van der Waals surface area contributed by atoms with Crippen molar-refractivity contribution in [2.24, 2.45) is 5.10 Å². The number of ether oxygens (including phenoxy) is 1. The molecule has 2 aromatic heterocycles. The molecular formula is C24H25N5O. The van der Waals surface area contributed by atoms with Gasteiger partial charge in [0.2, 0.25) is 0 Å². The Morgan fingerprint density at radius 2 is 1.73 bits per heavy atom. The van der Waals surface area contributed by atoms with E-state index in [9.17, 15) is 0 Å². The molecule has 2 aliphatic heterocycles. The van der Waals surface area contributed by atoms with Gasteiger partial charge in [0.1, 0.15) is 0 Å². The summed E-state index contributed by atoms with van der Waals surface area (Å²) >= 11 is 0. The van der Waals surface area contributed by atoms with Crippen molar-refractivity contribution in [3.8, 4) is 5.69 Å². The van der Waals surface area contributed by atoms with Crippen LogP contribution >= 0.6 is 0 Å². The Labute approximate surface area is 176 Å². The Hall–Kier alpha value is -3.38. The fourth-order valence-corrected chi connectivity index (χ4v) is 4.41. The van der Waals surface area contributed by atoms with Gasteiger partial charge in [-0.3, -0.25) is 4.98 Å². The van der Waals surface area contributed by atoms with Gasteiger partial charge in [-0.2, -0.15) is 5.10 Å². The van der Waals surface area contributed by atoms with Crippen molar-refractivity contribution in [1.29, 1.82) is 0 Å². The van der Waals surface area contributed by atoms with Gasteiger partial charge < -0.3 is 14.2 Å². The van der Waals surface area contributed by atoms with Crippen molar-refractivity contribution in [1.82, 2.24) is 9.55 Å². The maximum absolute atomic E-state index is 5.51. The van der Waals surface area contributed by atoms with Crippen molar-refractivity contribution >= 4 is 23.3 Å². The van der Waals surface area contributed by atoms with E-state index in [1.807, 2.05) is 23.4 Å². The largest absolute Gasteiger partial charge is 0.378 e. The summed E-state index contributed by atoms with van der Waals surface area (Å²) in [6.07, 6.45) is 5.50. The number of rotatable bonds is 3. The number of morpholine rings is 1. The van der Waals surface area contributed by atoms with Crippen LogP contribution in [0.15, 0.2) is 60.5 Å².